The van der Waals surface area contributed by atoms with Gasteiger partial charge in [0, 0.05) is 24.1 Å². The third-order valence-electron chi connectivity index (χ3n) is 5.87. The van der Waals surface area contributed by atoms with Gasteiger partial charge in [0.25, 0.3) is 0 Å². The molecule has 3 heterocycles. The van der Waals surface area contributed by atoms with Crippen molar-refractivity contribution in [2.24, 2.45) is 22.7 Å². The summed E-state index contributed by atoms with van der Waals surface area (Å²) in [5.41, 5.74) is 1.68. The summed E-state index contributed by atoms with van der Waals surface area (Å²) in [7, 11) is 0. The standard InChI is InChI=1S/C17H19FN2/c18-15-2-1-3-16-14(15)9-20-13-7-10-4-11(8-13)6-12(5-10)17(20)19-16/h1-3,10-13H,4-9H2/t10-,11-,12?,13?/m0/s1. The summed E-state index contributed by atoms with van der Waals surface area (Å²) in [4.78, 5) is 7.34. The first-order valence-electron chi connectivity index (χ1n) is 7.90. The highest BCUT2D eigenvalue weighted by Crippen LogP contribution is 2.50. The molecule has 6 rings (SSSR count). The number of fused-ring (bicyclic) bond motifs is 1. The van der Waals surface area contributed by atoms with Crippen molar-refractivity contribution in [2.75, 3.05) is 0 Å². The number of hydrogen-bond acceptors (Lipinski definition) is 2. The van der Waals surface area contributed by atoms with E-state index in [1.807, 2.05) is 6.07 Å². The largest absolute Gasteiger partial charge is 0.352 e. The number of hydrogen-bond donors (Lipinski definition) is 0. The number of benzene rings is 1. The fraction of sp³-hybridized carbons (Fsp3) is 0.588. The molecule has 3 heteroatoms. The van der Waals surface area contributed by atoms with Crippen LogP contribution in [0, 0.1) is 23.6 Å². The Kier molecular flexibility index (Phi) is 2.17. The van der Waals surface area contributed by atoms with E-state index in [1.54, 1.807) is 12.1 Å². The van der Waals surface area contributed by atoms with Gasteiger partial charge >= 0.3 is 0 Å². The second-order valence-corrected chi connectivity index (χ2v) is 7.10. The van der Waals surface area contributed by atoms with Crippen molar-refractivity contribution in [1.82, 2.24) is 4.90 Å². The van der Waals surface area contributed by atoms with Gasteiger partial charge in [-0.05, 0) is 56.1 Å². The number of rotatable bonds is 0. The second-order valence-electron chi connectivity index (χ2n) is 7.10. The summed E-state index contributed by atoms with van der Waals surface area (Å²) >= 11 is 0. The molecular formula is C17H19FN2. The lowest BCUT2D eigenvalue weighted by Crippen LogP contribution is -2.42. The van der Waals surface area contributed by atoms with Crippen LogP contribution in [-0.4, -0.2) is 16.8 Å². The normalized spacial score (nSPS) is 37.2. The molecule has 1 aromatic rings. The van der Waals surface area contributed by atoms with Crippen LogP contribution in [0.15, 0.2) is 23.2 Å². The Balaban J connectivity index is 1.66. The molecule has 2 aliphatic carbocycles. The highest BCUT2D eigenvalue weighted by Gasteiger charge is 2.46. The van der Waals surface area contributed by atoms with Crippen molar-refractivity contribution in [3.05, 3.63) is 29.6 Å². The molecule has 0 spiro atoms. The zero-order valence-corrected chi connectivity index (χ0v) is 11.6. The molecule has 0 radical (unpaired) electrons. The lowest BCUT2D eigenvalue weighted by atomic mass is 9.68. The van der Waals surface area contributed by atoms with E-state index in [0.717, 1.165) is 29.6 Å². The minimum absolute atomic E-state index is 0.0887. The average Bonchev–Trinajstić information content (AvgIpc) is 2.60. The van der Waals surface area contributed by atoms with E-state index >= 15 is 0 Å². The zero-order valence-electron chi connectivity index (χ0n) is 11.6. The summed E-state index contributed by atoms with van der Waals surface area (Å²) in [6, 6.07) is 5.94. The lowest BCUT2D eigenvalue weighted by molar-refractivity contribution is 0.127. The van der Waals surface area contributed by atoms with Crippen molar-refractivity contribution in [3.8, 4) is 0 Å². The molecule has 2 saturated carbocycles. The number of amidine groups is 1. The third kappa shape index (κ3) is 1.46. The Morgan fingerprint density at radius 1 is 1.05 bits per heavy atom. The summed E-state index contributed by atoms with van der Waals surface area (Å²) in [5, 5.41) is 0. The average molecular weight is 270 g/mol. The van der Waals surface area contributed by atoms with Crippen LogP contribution in [-0.2, 0) is 6.54 Å². The van der Waals surface area contributed by atoms with Gasteiger partial charge in [0.1, 0.15) is 11.7 Å². The Bertz CT molecular complexity index is 595. The van der Waals surface area contributed by atoms with Gasteiger partial charge in [-0.25, -0.2) is 9.38 Å². The van der Waals surface area contributed by atoms with E-state index in [0.29, 0.717) is 12.0 Å². The Labute approximate surface area is 118 Å². The van der Waals surface area contributed by atoms with Crippen LogP contribution in [0.4, 0.5) is 10.1 Å². The van der Waals surface area contributed by atoms with E-state index in [4.69, 9.17) is 4.99 Å². The first-order valence-corrected chi connectivity index (χ1v) is 7.90. The quantitative estimate of drug-likeness (QED) is 0.698. The molecule has 0 amide bonds. The van der Waals surface area contributed by atoms with E-state index in [9.17, 15) is 4.39 Å². The Hall–Kier alpha value is -1.38. The Morgan fingerprint density at radius 3 is 2.65 bits per heavy atom. The van der Waals surface area contributed by atoms with Gasteiger partial charge in [-0.2, -0.15) is 0 Å². The summed E-state index contributed by atoms with van der Waals surface area (Å²) in [6.45, 7) is 0.738. The van der Waals surface area contributed by atoms with Crippen LogP contribution in [0.5, 0.6) is 0 Å². The van der Waals surface area contributed by atoms with Crippen LogP contribution < -0.4 is 0 Å². The minimum atomic E-state index is -0.0887. The van der Waals surface area contributed by atoms with E-state index < -0.39 is 0 Å². The molecule has 104 valence electrons. The van der Waals surface area contributed by atoms with E-state index in [1.165, 1.54) is 37.9 Å². The van der Waals surface area contributed by atoms with Gasteiger partial charge in [-0.1, -0.05) is 6.07 Å². The van der Waals surface area contributed by atoms with Crippen LogP contribution in [0.25, 0.3) is 0 Å². The number of halogens is 1. The molecule has 3 aliphatic heterocycles. The molecule has 0 N–H and O–H groups in total. The van der Waals surface area contributed by atoms with Gasteiger partial charge in [-0.3, -0.25) is 0 Å². The van der Waals surface area contributed by atoms with Crippen molar-refractivity contribution >= 4 is 11.5 Å². The number of aliphatic imine (C=N–C) groups is 1. The van der Waals surface area contributed by atoms with Crippen molar-refractivity contribution in [1.29, 1.82) is 0 Å². The molecule has 2 saturated heterocycles. The molecule has 2 nitrogen and oxygen atoms in total. The van der Waals surface area contributed by atoms with Gasteiger partial charge in [-0.15, -0.1) is 0 Å². The highest BCUT2D eigenvalue weighted by molar-refractivity contribution is 5.90. The summed E-state index contributed by atoms with van der Waals surface area (Å²) in [6.07, 6.45) is 6.65. The second kappa shape index (κ2) is 3.84. The van der Waals surface area contributed by atoms with Gasteiger partial charge < -0.3 is 4.90 Å². The molecule has 5 aliphatic rings. The fourth-order valence-electron chi connectivity index (χ4n) is 5.17. The topological polar surface area (TPSA) is 15.6 Å². The lowest BCUT2D eigenvalue weighted by Gasteiger charge is -2.39. The summed E-state index contributed by atoms with van der Waals surface area (Å²) in [5.74, 6) is 3.59. The maximum Gasteiger partial charge on any atom is 0.130 e. The molecule has 0 aromatic heterocycles. The molecule has 1 aromatic carbocycles. The van der Waals surface area contributed by atoms with Crippen molar-refractivity contribution in [2.45, 2.75) is 44.7 Å². The molecule has 4 bridgehead atoms. The first kappa shape index (κ1) is 11.3. The third-order valence-corrected chi connectivity index (χ3v) is 5.87. The zero-order chi connectivity index (χ0) is 13.3. The fourth-order valence-corrected chi connectivity index (χ4v) is 5.17. The van der Waals surface area contributed by atoms with Gasteiger partial charge in [0.2, 0.25) is 0 Å². The highest BCUT2D eigenvalue weighted by atomic mass is 19.1. The smallest absolute Gasteiger partial charge is 0.130 e. The minimum Gasteiger partial charge on any atom is -0.352 e. The first-order chi connectivity index (χ1) is 9.78. The Morgan fingerprint density at radius 2 is 1.85 bits per heavy atom. The monoisotopic (exact) mass is 270 g/mol. The molecule has 4 fully saturated rings. The van der Waals surface area contributed by atoms with Gasteiger partial charge in [0.05, 0.1) is 5.69 Å². The van der Waals surface area contributed by atoms with Gasteiger partial charge in [0.15, 0.2) is 0 Å². The maximum absolute atomic E-state index is 14.1. The predicted molar refractivity (Wildman–Crippen MR) is 76.4 cm³/mol. The van der Waals surface area contributed by atoms with Crippen LogP contribution in [0.2, 0.25) is 0 Å². The number of nitrogens with zero attached hydrogens (tertiary/aromatic N) is 2. The van der Waals surface area contributed by atoms with Crippen molar-refractivity contribution < 1.29 is 4.39 Å². The van der Waals surface area contributed by atoms with E-state index in [-0.39, 0.29) is 5.82 Å². The molecule has 0 unspecified atom stereocenters. The molecule has 20 heavy (non-hydrogen) atoms. The van der Waals surface area contributed by atoms with Crippen LogP contribution in [0.1, 0.15) is 37.7 Å². The van der Waals surface area contributed by atoms with Crippen LogP contribution >= 0.6 is 0 Å². The molecule has 2 atom stereocenters. The predicted octanol–water partition coefficient (Wildman–Crippen LogP) is 3.88. The molecular weight excluding hydrogens is 251 g/mol. The van der Waals surface area contributed by atoms with E-state index in [2.05, 4.69) is 4.90 Å². The SMILES string of the molecule is Fc1cccc2c1CN1C(=N2)C2C[C@H]3CC1C[C@H](C2)C3. The van der Waals surface area contributed by atoms with Crippen molar-refractivity contribution in [3.63, 3.8) is 0 Å². The summed E-state index contributed by atoms with van der Waals surface area (Å²) < 4.78 is 14.1. The maximum atomic E-state index is 14.1. The van der Waals surface area contributed by atoms with Crippen LogP contribution in [0.3, 0.4) is 0 Å².